The number of nitrogens with two attached hydrogens (primary N) is 1. The number of aromatic nitrogens is 3. The Bertz CT molecular complexity index is 714. The molecule has 0 unspecified atom stereocenters. The van der Waals surface area contributed by atoms with Gasteiger partial charge in [-0.15, -0.1) is 5.10 Å². The third kappa shape index (κ3) is 5.56. The lowest BCUT2D eigenvalue weighted by Gasteiger charge is -2.31. The summed E-state index contributed by atoms with van der Waals surface area (Å²) >= 11 is 0. The van der Waals surface area contributed by atoms with Gasteiger partial charge in [0.05, 0.1) is 18.4 Å². The lowest BCUT2D eigenvalue weighted by atomic mass is 9.71. The molecule has 0 saturated heterocycles. The van der Waals surface area contributed by atoms with E-state index in [1.165, 1.54) is 0 Å². The highest BCUT2D eigenvalue weighted by molar-refractivity contribution is 5.88. The van der Waals surface area contributed by atoms with Crippen LogP contribution in [0.5, 0.6) is 0 Å². The van der Waals surface area contributed by atoms with Crippen LogP contribution in [0.25, 0.3) is 0 Å². The summed E-state index contributed by atoms with van der Waals surface area (Å²) in [5, 5.41) is 8.21. The Balaban J connectivity index is 2.29. The first-order valence-electron chi connectivity index (χ1n) is 10.3. The summed E-state index contributed by atoms with van der Waals surface area (Å²) in [7, 11) is 0. The molecule has 0 aromatic carbocycles. The summed E-state index contributed by atoms with van der Waals surface area (Å²) in [4.78, 5) is 37.3. The number of ketones is 3. The van der Waals surface area contributed by atoms with Gasteiger partial charge in [0.2, 0.25) is 0 Å². The predicted octanol–water partition coefficient (Wildman–Crippen LogP) is 2.65. The molecular weight excluding hydrogens is 356 g/mol. The molecule has 2 heterocycles. The second kappa shape index (κ2) is 9.54. The van der Waals surface area contributed by atoms with Gasteiger partial charge in [0, 0.05) is 30.2 Å². The van der Waals surface area contributed by atoms with Crippen LogP contribution >= 0.6 is 0 Å². The molecule has 0 fully saturated rings. The minimum Gasteiger partial charge on any atom is -0.324 e. The third-order valence-corrected chi connectivity index (χ3v) is 6.44. The zero-order valence-corrected chi connectivity index (χ0v) is 17.5. The zero-order chi connectivity index (χ0) is 20.8. The normalized spacial score (nSPS) is 27.2. The lowest BCUT2D eigenvalue weighted by molar-refractivity contribution is -0.131. The maximum absolute atomic E-state index is 13.2. The Labute approximate surface area is 167 Å². The molecule has 7 nitrogen and oxygen atoms in total. The van der Waals surface area contributed by atoms with E-state index in [-0.39, 0.29) is 23.9 Å². The Morgan fingerprint density at radius 1 is 1.18 bits per heavy atom. The van der Waals surface area contributed by atoms with Crippen molar-refractivity contribution >= 4 is 17.3 Å². The fraction of sp³-hybridized carbons (Fsp3) is 0.762. The lowest BCUT2D eigenvalue weighted by Crippen LogP contribution is -2.36. The second-order valence-electron chi connectivity index (χ2n) is 8.78. The van der Waals surface area contributed by atoms with Crippen molar-refractivity contribution in [1.29, 1.82) is 0 Å². The number of carbonyl (C=O) groups excluding carboxylic acids is 3. The molecule has 156 valence electrons. The minimum atomic E-state index is -0.596. The largest absolute Gasteiger partial charge is 0.324 e. The molecule has 2 rings (SSSR count). The van der Waals surface area contributed by atoms with Gasteiger partial charge in [0.1, 0.15) is 11.6 Å². The molecule has 2 atom stereocenters. The molecule has 2 N–H and O–H groups in total. The van der Waals surface area contributed by atoms with Crippen LogP contribution in [0.1, 0.15) is 77.8 Å². The molecule has 0 saturated carbocycles. The van der Waals surface area contributed by atoms with Crippen LogP contribution < -0.4 is 5.73 Å². The summed E-state index contributed by atoms with van der Waals surface area (Å²) in [6.45, 7) is 6.19. The van der Waals surface area contributed by atoms with Crippen LogP contribution in [0, 0.1) is 10.8 Å². The topological polar surface area (TPSA) is 108 Å². The summed E-state index contributed by atoms with van der Waals surface area (Å²) in [6.07, 6.45) is 7.37. The summed E-state index contributed by atoms with van der Waals surface area (Å²) < 4.78 is 1.90. The third-order valence-electron chi connectivity index (χ3n) is 6.44. The maximum atomic E-state index is 13.2. The second-order valence-corrected chi connectivity index (χ2v) is 8.78. The van der Waals surface area contributed by atoms with Gasteiger partial charge >= 0.3 is 0 Å². The number of nitrogens with zero attached hydrogens (tertiary/aromatic N) is 3. The molecule has 0 aliphatic carbocycles. The minimum absolute atomic E-state index is 0.000477. The van der Waals surface area contributed by atoms with E-state index < -0.39 is 10.8 Å². The quantitative estimate of drug-likeness (QED) is 0.828. The highest BCUT2D eigenvalue weighted by atomic mass is 16.1. The van der Waals surface area contributed by atoms with Crippen molar-refractivity contribution in [1.82, 2.24) is 15.0 Å². The van der Waals surface area contributed by atoms with E-state index in [1.807, 2.05) is 18.5 Å². The van der Waals surface area contributed by atoms with Crippen molar-refractivity contribution in [2.45, 2.75) is 85.1 Å². The fourth-order valence-electron chi connectivity index (χ4n) is 4.04. The van der Waals surface area contributed by atoms with Gasteiger partial charge in [-0.25, -0.2) is 4.68 Å². The van der Waals surface area contributed by atoms with Gasteiger partial charge < -0.3 is 10.5 Å². The fourth-order valence-corrected chi connectivity index (χ4v) is 4.04. The first-order valence-corrected chi connectivity index (χ1v) is 10.3. The highest BCUT2D eigenvalue weighted by Crippen LogP contribution is 2.37. The molecular formula is C21H34N4O3. The van der Waals surface area contributed by atoms with Crippen molar-refractivity contribution in [3.05, 3.63) is 11.9 Å². The van der Waals surface area contributed by atoms with E-state index in [2.05, 4.69) is 10.3 Å². The Morgan fingerprint density at radius 2 is 1.93 bits per heavy atom. The maximum Gasteiger partial charge on any atom is 0.152 e. The van der Waals surface area contributed by atoms with Crippen molar-refractivity contribution in [2.24, 2.45) is 16.6 Å². The zero-order valence-electron chi connectivity index (χ0n) is 17.5. The van der Waals surface area contributed by atoms with Gasteiger partial charge in [-0.2, -0.15) is 0 Å². The average Bonchev–Trinajstić information content (AvgIpc) is 3.12. The van der Waals surface area contributed by atoms with Crippen LogP contribution in [-0.4, -0.2) is 38.9 Å². The molecule has 0 bridgehead atoms. The van der Waals surface area contributed by atoms with E-state index in [0.29, 0.717) is 44.9 Å². The predicted molar refractivity (Wildman–Crippen MR) is 107 cm³/mol. The van der Waals surface area contributed by atoms with Crippen LogP contribution in [-0.2, 0) is 27.3 Å². The average molecular weight is 391 g/mol. The summed E-state index contributed by atoms with van der Waals surface area (Å²) in [5.41, 5.74) is 5.49. The van der Waals surface area contributed by atoms with Gasteiger partial charge in [-0.3, -0.25) is 9.59 Å². The van der Waals surface area contributed by atoms with E-state index in [9.17, 15) is 14.4 Å². The van der Waals surface area contributed by atoms with Crippen molar-refractivity contribution < 1.29 is 14.4 Å². The molecule has 0 amide bonds. The molecule has 7 heteroatoms. The van der Waals surface area contributed by atoms with E-state index >= 15 is 0 Å². The standard InChI is InChI=1S/C21H34N4O3/c1-16(26)6-10-21(3)11-7-17-15-23-24-25(17)13-5-4-9-20(2,19(28)14-22)12-8-18(21)27/h15H,4-14,22H2,1-3H3/t20-,21+/m1/s1. The van der Waals surface area contributed by atoms with E-state index in [4.69, 9.17) is 5.73 Å². The number of fused-ring (bicyclic) bond motifs is 1. The molecule has 1 aromatic heterocycles. The Hall–Kier alpha value is -1.89. The number of hydrogen-bond acceptors (Lipinski definition) is 6. The molecule has 28 heavy (non-hydrogen) atoms. The van der Waals surface area contributed by atoms with Crippen molar-refractivity contribution in [3.8, 4) is 0 Å². The van der Waals surface area contributed by atoms with E-state index in [0.717, 1.165) is 25.1 Å². The van der Waals surface area contributed by atoms with Crippen molar-refractivity contribution in [3.63, 3.8) is 0 Å². The van der Waals surface area contributed by atoms with Gasteiger partial charge in [0.15, 0.2) is 5.78 Å². The molecule has 0 radical (unpaired) electrons. The number of Topliss-reactive ketones (excluding diaryl/α,β-unsaturated/α-hetero) is 3. The van der Waals surface area contributed by atoms with Crippen LogP contribution in [0.2, 0.25) is 0 Å². The van der Waals surface area contributed by atoms with Crippen LogP contribution in [0.15, 0.2) is 6.20 Å². The number of carbonyl (C=O) groups is 3. The molecule has 1 aliphatic rings. The number of hydrogen-bond donors (Lipinski definition) is 1. The van der Waals surface area contributed by atoms with Gasteiger partial charge in [-0.1, -0.05) is 25.5 Å². The SMILES string of the molecule is CC(=O)CC[C@@]1(C)CCc2cnnn2CCCC[C@@](C)(C(=O)CN)CCC1=O. The van der Waals surface area contributed by atoms with E-state index in [1.54, 1.807) is 13.1 Å². The summed E-state index contributed by atoms with van der Waals surface area (Å²) in [6, 6.07) is 0. The Kier molecular flexibility index (Phi) is 7.63. The first kappa shape index (κ1) is 22.4. The van der Waals surface area contributed by atoms with Gasteiger partial charge in [-0.05, 0) is 45.4 Å². The molecule has 1 aliphatic heterocycles. The first-order chi connectivity index (χ1) is 13.2. The van der Waals surface area contributed by atoms with Crippen molar-refractivity contribution in [2.75, 3.05) is 6.54 Å². The summed E-state index contributed by atoms with van der Waals surface area (Å²) in [5.74, 6) is 0.233. The van der Waals surface area contributed by atoms with Crippen LogP contribution in [0.4, 0.5) is 0 Å². The highest BCUT2D eigenvalue weighted by Gasteiger charge is 2.37. The van der Waals surface area contributed by atoms with Gasteiger partial charge in [0.25, 0.3) is 0 Å². The van der Waals surface area contributed by atoms with Crippen LogP contribution in [0.3, 0.4) is 0 Å². The monoisotopic (exact) mass is 390 g/mol. The number of aryl methyl sites for hydroxylation is 2. The smallest absolute Gasteiger partial charge is 0.152 e. The Morgan fingerprint density at radius 3 is 2.61 bits per heavy atom. The molecule has 1 aromatic rings. The number of rotatable bonds is 5. The molecule has 0 spiro atoms.